The average molecular weight is 477 g/mol. The van der Waals surface area contributed by atoms with Crippen LogP contribution in [-0.2, 0) is 14.8 Å². The van der Waals surface area contributed by atoms with E-state index in [1.807, 2.05) is 19.9 Å². The molecule has 0 bridgehead atoms. The summed E-state index contributed by atoms with van der Waals surface area (Å²) >= 11 is 0. The van der Waals surface area contributed by atoms with Gasteiger partial charge in [0.15, 0.2) is 0 Å². The van der Waals surface area contributed by atoms with Crippen molar-refractivity contribution < 1.29 is 22.3 Å². The van der Waals surface area contributed by atoms with E-state index in [0.29, 0.717) is 12.8 Å². The zero-order valence-electron chi connectivity index (χ0n) is 19.9. The quantitative estimate of drug-likeness (QED) is 0.636. The van der Waals surface area contributed by atoms with Crippen LogP contribution in [0.25, 0.3) is 0 Å². The fraction of sp³-hybridized carbons (Fsp3) is 0.480. The molecule has 8 heteroatoms. The minimum absolute atomic E-state index is 0.0661. The fourth-order valence-electron chi connectivity index (χ4n) is 4.33. The van der Waals surface area contributed by atoms with Gasteiger partial charge in [0, 0.05) is 19.0 Å². The number of amides is 1. The summed E-state index contributed by atoms with van der Waals surface area (Å²) in [6, 6.07) is 8.75. The number of methoxy groups -OCH3 is 1. The standard InChI is InChI=1S/C25H33FN2O4S/c1-16(2)22-15-23(17(3)14-24(22)32-5)18(4)27-25(29)19-10-12-28(13-11-19)33(30,31)21-8-6-20(26)7-9-21/h6-9,14-16,18-19H,10-13H2,1-5H3,(H,27,29). The average Bonchev–Trinajstić information content (AvgIpc) is 2.78. The molecule has 180 valence electrons. The number of halogens is 1. The molecule has 1 N–H and O–H groups in total. The Balaban J connectivity index is 1.65. The van der Waals surface area contributed by atoms with Crippen LogP contribution < -0.4 is 10.1 Å². The lowest BCUT2D eigenvalue weighted by Crippen LogP contribution is -2.43. The molecule has 0 aromatic heterocycles. The number of hydrogen-bond acceptors (Lipinski definition) is 4. The summed E-state index contributed by atoms with van der Waals surface area (Å²) in [6.07, 6.45) is 0.885. The van der Waals surface area contributed by atoms with Gasteiger partial charge in [0.25, 0.3) is 0 Å². The van der Waals surface area contributed by atoms with Crippen molar-refractivity contribution in [3.05, 3.63) is 58.9 Å². The number of piperidine rings is 1. The summed E-state index contributed by atoms with van der Waals surface area (Å²) in [6.45, 7) is 8.69. The third-order valence-corrected chi connectivity index (χ3v) is 8.25. The smallest absolute Gasteiger partial charge is 0.243 e. The summed E-state index contributed by atoms with van der Waals surface area (Å²) in [7, 11) is -2.04. The Morgan fingerprint density at radius 1 is 1.09 bits per heavy atom. The molecule has 1 amide bonds. The van der Waals surface area contributed by atoms with Crippen molar-refractivity contribution in [2.24, 2.45) is 5.92 Å². The van der Waals surface area contributed by atoms with Crippen molar-refractivity contribution in [3.63, 3.8) is 0 Å². The first-order chi connectivity index (χ1) is 15.5. The molecule has 6 nitrogen and oxygen atoms in total. The van der Waals surface area contributed by atoms with E-state index >= 15 is 0 Å². The Morgan fingerprint density at radius 3 is 2.24 bits per heavy atom. The number of sulfonamides is 1. The predicted molar refractivity (Wildman–Crippen MR) is 126 cm³/mol. The van der Waals surface area contributed by atoms with E-state index < -0.39 is 15.8 Å². The molecule has 0 spiro atoms. The van der Waals surface area contributed by atoms with Crippen LogP contribution in [0.1, 0.15) is 62.3 Å². The Labute approximate surface area is 196 Å². The molecule has 1 fully saturated rings. The second kappa shape index (κ2) is 10.2. The minimum atomic E-state index is -3.70. The number of carbonyl (C=O) groups excluding carboxylic acids is 1. The highest BCUT2D eigenvalue weighted by Crippen LogP contribution is 2.32. The summed E-state index contributed by atoms with van der Waals surface area (Å²) in [4.78, 5) is 13.0. The first kappa shape index (κ1) is 25.2. The third kappa shape index (κ3) is 5.55. The Morgan fingerprint density at radius 2 is 1.70 bits per heavy atom. The van der Waals surface area contributed by atoms with Crippen LogP contribution in [0.2, 0.25) is 0 Å². The highest BCUT2D eigenvalue weighted by molar-refractivity contribution is 7.89. The lowest BCUT2D eigenvalue weighted by atomic mass is 9.92. The maximum atomic E-state index is 13.1. The highest BCUT2D eigenvalue weighted by atomic mass is 32.2. The molecule has 0 aliphatic carbocycles. The molecule has 2 aromatic carbocycles. The van der Waals surface area contributed by atoms with E-state index in [1.54, 1.807) is 7.11 Å². The lowest BCUT2D eigenvalue weighted by molar-refractivity contribution is -0.126. The molecule has 33 heavy (non-hydrogen) atoms. The van der Waals surface area contributed by atoms with Crippen molar-refractivity contribution in [3.8, 4) is 5.75 Å². The molecule has 1 heterocycles. The molecule has 0 saturated carbocycles. The van der Waals surface area contributed by atoms with E-state index in [4.69, 9.17) is 4.74 Å². The van der Waals surface area contributed by atoms with Crippen LogP contribution in [0.5, 0.6) is 5.75 Å². The Kier molecular flexibility index (Phi) is 7.80. The summed E-state index contributed by atoms with van der Waals surface area (Å²) in [5.41, 5.74) is 3.19. The van der Waals surface area contributed by atoms with Gasteiger partial charge in [0.05, 0.1) is 18.0 Å². The second-order valence-electron chi connectivity index (χ2n) is 8.97. The lowest BCUT2D eigenvalue weighted by Gasteiger charge is -2.31. The monoisotopic (exact) mass is 476 g/mol. The zero-order valence-corrected chi connectivity index (χ0v) is 20.7. The maximum absolute atomic E-state index is 13.1. The minimum Gasteiger partial charge on any atom is -0.496 e. The Hall–Kier alpha value is -2.45. The zero-order chi connectivity index (χ0) is 24.3. The number of hydrogen-bond donors (Lipinski definition) is 1. The van der Waals surface area contributed by atoms with Crippen LogP contribution in [0.15, 0.2) is 41.3 Å². The van der Waals surface area contributed by atoms with Crippen LogP contribution >= 0.6 is 0 Å². The van der Waals surface area contributed by atoms with Gasteiger partial charge < -0.3 is 10.1 Å². The molecular weight excluding hydrogens is 443 g/mol. The number of nitrogens with zero attached hydrogens (tertiary/aromatic N) is 1. The largest absolute Gasteiger partial charge is 0.496 e. The van der Waals surface area contributed by atoms with Crippen molar-refractivity contribution in [1.82, 2.24) is 9.62 Å². The third-order valence-electron chi connectivity index (χ3n) is 6.34. The molecule has 0 radical (unpaired) electrons. The normalized spacial score (nSPS) is 16.6. The van der Waals surface area contributed by atoms with E-state index in [9.17, 15) is 17.6 Å². The SMILES string of the molecule is COc1cc(C)c(C(C)NC(=O)C2CCN(S(=O)(=O)c3ccc(F)cc3)CC2)cc1C(C)C. The summed E-state index contributed by atoms with van der Waals surface area (Å²) in [5, 5.41) is 3.11. The molecule has 1 aliphatic heterocycles. The Bertz CT molecular complexity index is 1090. The molecule has 1 atom stereocenters. The number of aryl methyl sites for hydroxylation is 1. The second-order valence-corrected chi connectivity index (χ2v) is 10.9. The molecule has 2 aromatic rings. The van der Waals surface area contributed by atoms with Crippen molar-refractivity contribution >= 4 is 15.9 Å². The van der Waals surface area contributed by atoms with Crippen molar-refractivity contribution in [2.45, 2.75) is 57.4 Å². The number of carbonyl (C=O) groups is 1. The van der Waals surface area contributed by atoms with E-state index in [1.165, 1.54) is 16.4 Å². The maximum Gasteiger partial charge on any atom is 0.243 e. The first-order valence-corrected chi connectivity index (χ1v) is 12.7. The highest BCUT2D eigenvalue weighted by Gasteiger charge is 2.32. The fourth-order valence-corrected chi connectivity index (χ4v) is 5.80. The van der Waals surface area contributed by atoms with Gasteiger partial charge in [-0.25, -0.2) is 12.8 Å². The summed E-state index contributed by atoms with van der Waals surface area (Å²) in [5.74, 6) is 0.332. The van der Waals surface area contributed by atoms with Gasteiger partial charge in [-0.2, -0.15) is 4.31 Å². The van der Waals surface area contributed by atoms with Gasteiger partial charge in [-0.1, -0.05) is 13.8 Å². The van der Waals surface area contributed by atoms with Crippen LogP contribution in [0, 0.1) is 18.7 Å². The molecular formula is C25H33FN2O4S. The molecule has 1 unspecified atom stereocenters. The molecule has 1 saturated heterocycles. The first-order valence-electron chi connectivity index (χ1n) is 11.3. The predicted octanol–water partition coefficient (Wildman–Crippen LogP) is 4.54. The molecule has 1 aliphatic rings. The number of benzene rings is 2. The topological polar surface area (TPSA) is 75.7 Å². The van der Waals surface area contributed by atoms with Gasteiger partial charge in [0.1, 0.15) is 11.6 Å². The van der Waals surface area contributed by atoms with Crippen molar-refractivity contribution in [1.29, 1.82) is 0 Å². The van der Waals surface area contributed by atoms with Crippen LogP contribution in [-0.4, -0.2) is 38.8 Å². The van der Waals surface area contributed by atoms with Gasteiger partial charge in [-0.05, 0) is 85.7 Å². The summed E-state index contributed by atoms with van der Waals surface area (Å²) < 4.78 is 45.6. The van der Waals surface area contributed by atoms with Gasteiger partial charge >= 0.3 is 0 Å². The van der Waals surface area contributed by atoms with E-state index in [2.05, 4.69) is 25.2 Å². The number of rotatable bonds is 7. The van der Waals surface area contributed by atoms with Crippen LogP contribution in [0.3, 0.4) is 0 Å². The molecule has 3 rings (SSSR count). The van der Waals surface area contributed by atoms with E-state index in [0.717, 1.165) is 34.6 Å². The van der Waals surface area contributed by atoms with Gasteiger partial charge in [0.2, 0.25) is 15.9 Å². The number of nitrogens with one attached hydrogen (secondary N) is 1. The number of ether oxygens (including phenoxy) is 1. The van der Waals surface area contributed by atoms with Crippen LogP contribution in [0.4, 0.5) is 4.39 Å². The van der Waals surface area contributed by atoms with E-state index in [-0.39, 0.29) is 41.8 Å². The van der Waals surface area contributed by atoms with Crippen molar-refractivity contribution in [2.75, 3.05) is 20.2 Å². The van der Waals surface area contributed by atoms with Gasteiger partial charge in [-0.15, -0.1) is 0 Å². The van der Waals surface area contributed by atoms with Gasteiger partial charge in [-0.3, -0.25) is 4.79 Å².